The maximum absolute atomic E-state index is 12.5. The van der Waals surface area contributed by atoms with Gasteiger partial charge in [0.05, 0.1) is 6.04 Å². The molecule has 2 unspecified atom stereocenters. The number of carbonyl (C=O) groups is 1. The highest BCUT2D eigenvalue weighted by Gasteiger charge is 2.28. The van der Waals surface area contributed by atoms with Crippen LogP contribution in [-0.4, -0.2) is 25.0 Å². The van der Waals surface area contributed by atoms with Crippen molar-refractivity contribution in [3.63, 3.8) is 0 Å². The molecule has 3 heteroatoms. The highest BCUT2D eigenvalue weighted by Crippen LogP contribution is 2.20. The molecule has 18 heavy (non-hydrogen) atoms. The number of amides is 1. The zero-order chi connectivity index (χ0) is 13.0. The average molecular weight is 246 g/mol. The van der Waals surface area contributed by atoms with Crippen LogP contribution in [-0.2, 0) is 4.79 Å². The summed E-state index contributed by atoms with van der Waals surface area (Å²) in [6.45, 7) is 5.91. The van der Waals surface area contributed by atoms with Crippen molar-refractivity contribution in [2.24, 2.45) is 5.92 Å². The first-order valence-electron chi connectivity index (χ1n) is 6.82. The molecule has 1 N–H and O–H groups in total. The van der Waals surface area contributed by atoms with E-state index in [1.54, 1.807) is 0 Å². The first kappa shape index (κ1) is 13.1. The Morgan fingerprint density at radius 2 is 2.11 bits per heavy atom. The Labute approximate surface area is 109 Å². The molecule has 0 spiro atoms. The molecule has 0 bridgehead atoms. The third-order valence-electron chi connectivity index (χ3n) is 3.61. The van der Waals surface area contributed by atoms with Crippen molar-refractivity contribution in [2.45, 2.75) is 32.7 Å². The van der Waals surface area contributed by atoms with Gasteiger partial charge < -0.3 is 10.2 Å². The second-order valence-electron chi connectivity index (χ2n) is 5.05. The molecule has 0 radical (unpaired) electrons. The van der Waals surface area contributed by atoms with Crippen LogP contribution in [0.5, 0.6) is 0 Å². The van der Waals surface area contributed by atoms with Crippen LogP contribution in [0, 0.1) is 5.92 Å². The molecule has 1 saturated heterocycles. The molecule has 2 atom stereocenters. The second-order valence-corrected chi connectivity index (χ2v) is 5.05. The molecular weight excluding hydrogens is 224 g/mol. The Bertz CT molecular complexity index is 391. The van der Waals surface area contributed by atoms with Gasteiger partial charge in [0.25, 0.3) is 0 Å². The highest BCUT2D eigenvalue weighted by atomic mass is 16.2. The summed E-state index contributed by atoms with van der Waals surface area (Å²) in [5, 5.41) is 3.34. The van der Waals surface area contributed by atoms with Gasteiger partial charge in [-0.3, -0.25) is 4.79 Å². The van der Waals surface area contributed by atoms with E-state index < -0.39 is 0 Å². The van der Waals surface area contributed by atoms with Gasteiger partial charge >= 0.3 is 0 Å². The number of hydrogen-bond donors (Lipinski definition) is 1. The molecule has 1 aliphatic rings. The minimum Gasteiger partial charge on any atom is -0.311 e. The van der Waals surface area contributed by atoms with Crippen molar-refractivity contribution in [2.75, 3.05) is 18.0 Å². The molecule has 1 aromatic rings. The molecule has 1 aromatic carbocycles. The van der Waals surface area contributed by atoms with E-state index in [0.717, 1.165) is 25.2 Å². The number of piperidine rings is 1. The van der Waals surface area contributed by atoms with Crippen LogP contribution >= 0.6 is 0 Å². The minimum absolute atomic E-state index is 0.0195. The highest BCUT2D eigenvalue weighted by molar-refractivity contribution is 5.97. The molecule has 1 amide bonds. The maximum atomic E-state index is 12.5. The van der Waals surface area contributed by atoms with E-state index in [0.29, 0.717) is 5.92 Å². The van der Waals surface area contributed by atoms with Crippen molar-refractivity contribution in [3.8, 4) is 0 Å². The molecule has 3 nitrogen and oxygen atoms in total. The number of rotatable bonds is 3. The van der Waals surface area contributed by atoms with Gasteiger partial charge in [0.1, 0.15) is 0 Å². The molecule has 1 aliphatic heterocycles. The summed E-state index contributed by atoms with van der Waals surface area (Å²) in [4.78, 5) is 14.4. The van der Waals surface area contributed by atoms with Gasteiger partial charge in [-0.2, -0.15) is 0 Å². The molecule has 0 aromatic heterocycles. The minimum atomic E-state index is -0.0195. The third kappa shape index (κ3) is 2.91. The molecule has 0 saturated carbocycles. The van der Waals surface area contributed by atoms with E-state index in [2.05, 4.69) is 12.2 Å². The van der Waals surface area contributed by atoms with E-state index in [9.17, 15) is 4.79 Å². The Kier molecular flexibility index (Phi) is 4.37. The van der Waals surface area contributed by atoms with Gasteiger partial charge in [-0.25, -0.2) is 0 Å². The summed E-state index contributed by atoms with van der Waals surface area (Å²) in [7, 11) is 0. The van der Waals surface area contributed by atoms with E-state index >= 15 is 0 Å². The zero-order valence-electron chi connectivity index (χ0n) is 11.2. The monoisotopic (exact) mass is 246 g/mol. The van der Waals surface area contributed by atoms with Crippen LogP contribution in [0.2, 0.25) is 0 Å². The summed E-state index contributed by atoms with van der Waals surface area (Å²) in [5.74, 6) is 0.838. The van der Waals surface area contributed by atoms with Crippen LogP contribution in [0.4, 0.5) is 5.69 Å². The number of nitrogens with one attached hydrogen (secondary N) is 1. The summed E-state index contributed by atoms with van der Waals surface area (Å²) in [6, 6.07) is 9.89. The van der Waals surface area contributed by atoms with Gasteiger partial charge in [-0.15, -0.1) is 0 Å². The Hall–Kier alpha value is -1.35. The van der Waals surface area contributed by atoms with Crippen LogP contribution in [0.1, 0.15) is 26.7 Å². The Balaban J connectivity index is 2.10. The summed E-state index contributed by atoms with van der Waals surface area (Å²) in [5.41, 5.74) is 0.991. The number of likely N-dealkylation sites (N-methyl/N-ethyl adjacent to an activating group) is 1. The number of hydrogen-bond acceptors (Lipinski definition) is 2. The summed E-state index contributed by atoms with van der Waals surface area (Å²) < 4.78 is 0. The van der Waals surface area contributed by atoms with E-state index in [1.807, 2.05) is 42.2 Å². The lowest BCUT2D eigenvalue weighted by Gasteiger charge is -2.31. The van der Waals surface area contributed by atoms with E-state index in [1.165, 1.54) is 6.42 Å². The fraction of sp³-hybridized carbons (Fsp3) is 0.533. The SMILES string of the molecule is CCN(C(=O)C1CC(C)CCN1)c1ccccc1. The molecule has 1 fully saturated rings. The lowest BCUT2D eigenvalue weighted by atomic mass is 9.93. The molecular formula is C15H22N2O. The number of benzene rings is 1. The molecule has 0 aliphatic carbocycles. The van der Waals surface area contributed by atoms with Crippen molar-refractivity contribution in [1.29, 1.82) is 0 Å². The fourth-order valence-corrected chi connectivity index (χ4v) is 2.56. The van der Waals surface area contributed by atoms with Gasteiger partial charge in [-0.1, -0.05) is 25.1 Å². The lowest BCUT2D eigenvalue weighted by Crippen LogP contribution is -2.50. The molecule has 2 rings (SSSR count). The van der Waals surface area contributed by atoms with Crippen molar-refractivity contribution < 1.29 is 4.79 Å². The topological polar surface area (TPSA) is 32.3 Å². The quantitative estimate of drug-likeness (QED) is 0.888. The van der Waals surface area contributed by atoms with Crippen LogP contribution in [0.15, 0.2) is 30.3 Å². The van der Waals surface area contributed by atoms with Crippen molar-refractivity contribution in [3.05, 3.63) is 30.3 Å². The predicted molar refractivity (Wildman–Crippen MR) is 74.7 cm³/mol. The van der Waals surface area contributed by atoms with Crippen LogP contribution in [0.25, 0.3) is 0 Å². The Morgan fingerprint density at radius 3 is 2.72 bits per heavy atom. The number of carbonyl (C=O) groups excluding carboxylic acids is 1. The van der Waals surface area contributed by atoms with Gasteiger partial charge in [0.2, 0.25) is 5.91 Å². The second kappa shape index (κ2) is 6.01. The predicted octanol–water partition coefficient (Wildman–Crippen LogP) is 2.43. The van der Waals surface area contributed by atoms with Crippen LogP contribution < -0.4 is 10.2 Å². The maximum Gasteiger partial charge on any atom is 0.244 e. The van der Waals surface area contributed by atoms with Crippen molar-refractivity contribution in [1.82, 2.24) is 5.32 Å². The number of anilines is 1. The Morgan fingerprint density at radius 1 is 1.39 bits per heavy atom. The summed E-state index contributed by atoms with van der Waals surface area (Å²) >= 11 is 0. The van der Waals surface area contributed by atoms with Gasteiger partial charge in [0.15, 0.2) is 0 Å². The van der Waals surface area contributed by atoms with Gasteiger partial charge in [-0.05, 0) is 44.4 Å². The van der Waals surface area contributed by atoms with Gasteiger partial charge in [0, 0.05) is 12.2 Å². The normalized spacial score (nSPS) is 23.7. The first-order valence-corrected chi connectivity index (χ1v) is 6.82. The largest absolute Gasteiger partial charge is 0.311 e. The lowest BCUT2D eigenvalue weighted by molar-refractivity contribution is -0.121. The molecule has 1 heterocycles. The molecule has 98 valence electrons. The van der Waals surface area contributed by atoms with Crippen LogP contribution in [0.3, 0.4) is 0 Å². The summed E-state index contributed by atoms with van der Waals surface area (Å²) in [6.07, 6.45) is 2.11. The van der Waals surface area contributed by atoms with E-state index in [-0.39, 0.29) is 11.9 Å². The first-order chi connectivity index (χ1) is 8.72. The number of nitrogens with zero attached hydrogens (tertiary/aromatic N) is 1. The average Bonchev–Trinajstić information content (AvgIpc) is 2.41. The standard InChI is InChI=1S/C15H22N2O/c1-3-17(13-7-5-4-6-8-13)15(18)14-11-12(2)9-10-16-14/h4-8,12,14,16H,3,9-11H2,1-2H3. The number of para-hydroxylation sites is 1. The smallest absolute Gasteiger partial charge is 0.244 e. The fourth-order valence-electron chi connectivity index (χ4n) is 2.56. The van der Waals surface area contributed by atoms with Crippen molar-refractivity contribution >= 4 is 11.6 Å². The third-order valence-corrected chi connectivity index (χ3v) is 3.61. The zero-order valence-corrected chi connectivity index (χ0v) is 11.2. The van der Waals surface area contributed by atoms with E-state index in [4.69, 9.17) is 0 Å².